The zero-order valence-electron chi connectivity index (χ0n) is 19.0. The fraction of sp³-hybridized carbons (Fsp3) is 0.333. The number of carbonyl (C=O) groups excluding carboxylic acids is 1. The number of rotatable bonds is 7. The number of aryl methyl sites for hydroxylation is 1. The van der Waals surface area contributed by atoms with Crippen LogP contribution in [-0.4, -0.2) is 48.4 Å². The molecule has 0 radical (unpaired) electrons. The minimum Gasteiger partial charge on any atom is -0.496 e. The second-order valence-electron chi connectivity index (χ2n) is 8.19. The summed E-state index contributed by atoms with van der Waals surface area (Å²) < 4.78 is 48.4. The van der Waals surface area contributed by atoms with E-state index >= 15 is 0 Å². The maximum atomic E-state index is 14.1. The van der Waals surface area contributed by atoms with Crippen molar-refractivity contribution in [1.29, 1.82) is 0 Å². The lowest BCUT2D eigenvalue weighted by atomic mass is 9.96. The third-order valence-corrected chi connectivity index (χ3v) is 8.06. The topological polar surface area (TPSA) is 93.5 Å². The molecule has 1 N–H and O–H groups in total. The van der Waals surface area contributed by atoms with Crippen LogP contribution in [0, 0.1) is 11.7 Å². The summed E-state index contributed by atoms with van der Waals surface area (Å²) >= 11 is 0. The smallest absolute Gasteiger partial charge is 0.245 e. The summed E-state index contributed by atoms with van der Waals surface area (Å²) in [6.45, 7) is 0.271. The van der Waals surface area contributed by atoms with Gasteiger partial charge in [-0.3, -0.25) is 4.79 Å². The standard InChI is InChI=1S/C24H27FN4O4S/c1-28-16-13-26-23(28)22(18-7-3-5-9-20(18)33-2)27-24(30)17-11-14-29(15-12-17)34(31,32)21-10-6-4-8-19(21)25/h3-10,13,16-17,22H,11-12,14-15H2,1-2H3,(H,27,30)/t22-/m1/s1. The lowest BCUT2D eigenvalue weighted by Gasteiger charge is -2.31. The molecule has 0 bridgehead atoms. The predicted octanol–water partition coefficient (Wildman–Crippen LogP) is 2.87. The molecule has 34 heavy (non-hydrogen) atoms. The quantitative estimate of drug-likeness (QED) is 0.554. The molecule has 8 nitrogen and oxygen atoms in total. The zero-order chi connectivity index (χ0) is 24.3. The van der Waals surface area contributed by atoms with Crippen LogP contribution in [-0.2, 0) is 21.9 Å². The Morgan fingerprint density at radius 2 is 1.82 bits per heavy atom. The van der Waals surface area contributed by atoms with Gasteiger partial charge in [0.15, 0.2) is 0 Å². The molecule has 4 rings (SSSR count). The van der Waals surface area contributed by atoms with Crippen molar-refractivity contribution in [1.82, 2.24) is 19.2 Å². The maximum absolute atomic E-state index is 14.1. The number of piperidine rings is 1. The first-order chi connectivity index (χ1) is 16.3. The normalized spacial score (nSPS) is 16.2. The molecule has 0 aliphatic carbocycles. The van der Waals surface area contributed by atoms with Gasteiger partial charge in [0.05, 0.1) is 7.11 Å². The summed E-state index contributed by atoms with van der Waals surface area (Å²) in [5.74, 6) is -0.0810. The van der Waals surface area contributed by atoms with Gasteiger partial charge in [0.2, 0.25) is 15.9 Å². The minimum atomic E-state index is -3.96. The number of ether oxygens (including phenoxy) is 1. The number of hydrogen-bond donors (Lipinski definition) is 1. The Labute approximate surface area is 198 Å². The molecule has 180 valence electrons. The van der Waals surface area contributed by atoms with Crippen LogP contribution in [0.3, 0.4) is 0 Å². The van der Waals surface area contributed by atoms with Crippen LogP contribution < -0.4 is 10.1 Å². The van der Waals surface area contributed by atoms with Crippen LogP contribution in [0.4, 0.5) is 4.39 Å². The average molecular weight is 487 g/mol. The van der Waals surface area contributed by atoms with E-state index in [0.29, 0.717) is 24.4 Å². The first kappa shape index (κ1) is 23.9. The van der Waals surface area contributed by atoms with Gasteiger partial charge in [-0.2, -0.15) is 4.31 Å². The van der Waals surface area contributed by atoms with Gasteiger partial charge in [-0.05, 0) is 31.0 Å². The molecule has 10 heteroatoms. The number of aromatic nitrogens is 2. The molecule has 1 aliphatic rings. The van der Waals surface area contributed by atoms with E-state index in [1.54, 1.807) is 19.5 Å². The Kier molecular flexibility index (Phi) is 6.99. The molecule has 1 saturated heterocycles. The van der Waals surface area contributed by atoms with Crippen molar-refractivity contribution in [2.75, 3.05) is 20.2 Å². The van der Waals surface area contributed by atoms with Crippen LogP contribution in [0.1, 0.15) is 30.3 Å². The van der Waals surface area contributed by atoms with Crippen molar-refractivity contribution < 1.29 is 22.3 Å². The van der Waals surface area contributed by atoms with Gasteiger partial charge in [-0.25, -0.2) is 17.8 Å². The van der Waals surface area contributed by atoms with E-state index in [1.807, 2.05) is 35.9 Å². The summed E-state index contributed by atoms with van der Waals surface area (Å²) in [6, 6.07) is 12.2. The fourth-order valence-corrected chi connectivity index (χ4v) is 5.79. The van der Waals surface area contributed by atoms with Crippen LogP contribution >= 0.6 is 0 Å². The van der Waals surface area contributed by atoms with E-state index in [0.717, 1.165) is 11.6 Å². The molecule has 0 unspecified atom stereocenters. The highest BCUT2D eigenvalue weighted by molar-refractivity contribution is 7.89. The number of imidazole rings is 1. The average Bonchev–Trinajstić information content (AvgIpc) is 3.28. The summed E-state index contributed by atoms with van der Waals surface area (Å²) in [5, 5.41) is 3.09. The van der Waals surface area contributed by atoms with Crippen LogP contribution in [0.25, 0.3) is 0 Å². The third kappa shape index (κ3) is 4.69. The van der Waals surface area contributed by atoms with Crippen molar-refractivity contribution in [3.8, 4) is 5.75 Å². The number of sulfonamides is 1. The van der Waals surface area contributed by atoms with Gasteiger partial charge in [0, 0.05) is 44.0 Å². The molecular weight excluding hydrogens is 459 g/mol. The largest absolute Gasteiger partial charge is 0.496 e. The first-order valence-electron chi connectivity index (χ1n) is 11.0. The summed E-state index contributed by atoms with van der Waals surface area (Å²) in [4.78, 5) is 17.3. The number of nitrogens with one attached hydrogen (secondary N) is 1. The number of carbonyl (C=O) groups is 1. The van der Waals surface area contributed by atoms with Gasteiger partial charge in [-0.1, -0.05) is 30.3 Å². The number of hydrogen-bond acceptors (Lipinski definition) is 5. The van der Waals surface area contributed by atoms with Crippen LogP contribution in [0.2, 0.25) is 0 Å². The molecule has 0 saturated carbocycles. The SMILES string of the molecule is COc1ccccc1[C@@H](NC(=O)C1CCN(S(=O)(=O)c2ccccc2F)CC1)c1nccn1C. The summed E-state index contributed by atoms with van der Waals surface area (Å²) in [5.41, 5.74) is 0.771. The second kappa shape index (κ2) is 9.94. The highest BCUT2D eigenvalue weighted by atomic mass is 32.2. The van der Waals surface area contributed by atoms with Crippen molar-refractivity contribution in [2.45, 2.75) is 23.8 Å². The molecule has 1 aliphatic heterocycles. The Bertz CT molecular complexity index is 1270. The highest BCUT2D eigenvalue weighted by Gasteiger charge is 2.35. The highest BCUT2D eigenvalue weighted by Crippen LogP contribution is 2.31. The molecule has 2 heterocycles. The molecule has 3 aromatic rings. The molecule has 1 amide bonds. The van der Waals surface area contributed by atoms with E-state index in [2.05, 4.69) is 10.3 Å². The maximum Gasteiger partial charge on any atom is 0.245 e. The number of halogens is 1. The van der Waals surface area contributed by atoms with Gasteiger partial charge < -0.3 is 14.6 Å². The summed E-state index contributed by atoms with van der Waals surface area (Å²) in [6.07, 6.45) is 4.13. The van der Waals surface area contributed by atoms with E-state index in [4.69, 9.17) is 4.74 Å². The number of amides is 1. The summed E-state index contributed by atoms with van der Waals surface area (Å²) in [7, 11) is -0.540. The van der Waals surface area contributed by atoms with Crippen molar-refractivity contribution in [2.24, 2.45) is 13.0 Å². The van der Waals surface area contributed by atoms with Gasteiger partial charge in [-0.15, -0.1) is 0 Å². The number of para-hydroxylation sites is 1. The molecule has 1 fully saturated rings. The van der Waals surface area contributed by atoms with Crippen molar-refractivity contribution in [3.63, 3.8) is 0 Å². The third-order valence-electron chi connectivity index (χ3n) is 6.13. The molecule has 0 spiro atoms. The van der Waals surface area contributed by atoms with Gasteiger partial charge >= 0.3 is 0 Å². The number of methoxy groups -OCH3 is 1. The van der Waals surface area contributed by atoms with Crippen molar-refractivity contribution >= 4 is 15.9 Å². The minimum absolute atomic E-state index is 0.135. The van der Waals surface area contributed by atoms with E-state index < -0.39 is 21.9 Å². The molecular formula is C24H27FN4O4S. The Morgan fingerprint density at radius 1 is 1.15 bits per heavy atom. The van der Waals surface area contributed by atoms with Gasteiger partial charge in [0.25, 0.3) is 0 Å². The Balaban J connectivity index is 1.50. The molecule has 1 atom stereocenters. The molecule has 1 aromatic heterocycles. The Hall–Kier alpha value is -3.24. The zero-order valence-corrected chi connectivity index (χ0v) is 19.8. The second-order valence-corrected chi connectivity index (χ2v) is 10.1. The number of benzene rings is 2. The lowest BCUT2D eigenvalue weighted by Crippen LogP contribution is -2.44. The number of nitrogens with zero attached hydrogens (tertiary/aromatic N) is 3. The predicted molar refractivity (Wildman–Crippen MR) is 124 cm³/mol. The van der Waals surface area contributed by atoms with E-state index in [-0.39, 0.29) is 29.8 Å². The lowest BCUT2D eigenvalue weighted by molar-refractivity contribution is -0.126. The van der Waals surface area contributed by atoms with E-state index in [9.17, 15) is 17.6 Å². The monoisotopic (exact) mass is 486 g/mol. The first-order valence-corrected chi connectivity index (χ1v) is 12.4. The Morgan fingerprint density at radius 3 is 2.47 bits per heavy atom. The van der Waals surface area contributed by atoms with E-state index in [1.165, 1.54) is 22.5 Å². The van der Waals surface area contributed by atoms with Gasteiger partial charge in [0.1, 0.15) is 28.3 Å². The molecule has 2 aromatic carbocycles. The van der Waals surface area contributed by atoms with Crippen LogP contribution in [0.5, 0.6) is 5.75 Å². The van der Waals surface area contributed by atoms with Crippen molar-refractivity contribution in [3.05, 3.63) is 78.1 Å². The van der Waals surface area contributed by atoms with Crippen LogP contribution in [0.15, 0.2) is 65.8 Å². The fourth-order valence-electron chi connectivity index (χ4n) is 4.25.